The molecule has 4 heteroatoms. The van der Waals surface area contributed by atoms with E-state index >= 15 is 0 Å². The minimum Gasteiger partial charge on any atom is -0.486 e. The zero-order chi connectivity index (χ0) is 19.3. The Morgan fingerprint density at radius 2 is 1.71 bits per heavy atom. The first-order chi connectivity index (χ1) is 13.7. The second-order valence-corrected chi connectivity index (χ2v) is 8.21. The molecule has 0 spiro atoms. The van der Waals surface area contributed by atoms with Gasteiger partial charge in [0.25, 0.3) is 0 Å². The predicted molar refractivity (Wildman–Crippen MR) is 111 cm³/mol. The maximum atomic E-state index is 6.60. The average Bonchev–Trinajstić information content (AvgIpc) is 2.69. The molecular weight excluding hydrogens is 350 g/mol. The summed E-state index contributed by atoms with van der Waals surface area (Å²) in [5, 5.41) is 0. The van der Waals surface area contributed by atoms with Crippen molar-refractivity contribution in [2.75, 3.05) is 27.0 Å². The van der Waals surface area contributed by atoms with Gasteiger partial charge in [-0.2, -0.15) is 0 Å². The molecule has 0 radical (unpaired) electrons. The highest BCUT2D eigenvalue weighted by molar-refractivity contribution is 5.42. The topological polar surface area (TPSA) is 30.9 Å². The fourth-order valence-corrected chi connectivity index (χ4v) is 4.74. The number of hydrogen-bond donors (Lipinski definition) is 0. The lowest BCUT2D eigenvalue weighted by Crippen LogP contribution is -2.53. The first kappa shape index (κ1) is 19.3. The molecule has 4 nitrogen and oxygen atoms in total. The van der Waals surface area contributed by atoms with Gasteiger partial charge in [0, 0.05) is 38.6 Å². The van der Waals surface area contributed by atoms with Gasteiger partial charge in [-0.1, -0.05) is 42.8 Å². The smallest absolute Gasteiger partial charge is 0.188 e. The van der Waals surface area contributed by atoms with Crippen LogP contribution in [0, 0.1) is 18.8 Å². The lowest BCUT2D eigenvalue weighted by molar-refractivity contribution is -0.0392. The van der Waals surface area contributed by atoms with E-state index in [9.17, 15) is 0 Å². The first-order valence-corrected chi connectivity index (χ1v) is 10.4. The molecule has 2 aromatic carbocycles. The quantitative estimate of drug-likeness (QED) is 0.653. The summed E-state index contributed by atoms with van der Waals surface area (Å²) in [6.07, 6.45) is 4.07. The van der Waals surface area contributed by atoms with Crippen molar-refractivity contribution < 1.29 is 14.2 Å². The molecule has 2 aliphatic rings. The van der Waals surface area contributed by atoms with Crippen molar-refractivity contribution in [1.82, 2.24) is 4.90 Å². The number of likely N-dealkylation sites (tertiary alicyclic amines) is 1. The Bertz CT molecular complexity index is 750. The minimum atomic E-state index is 0.238. The third-order valence-corrected chi connectivity index (χ3v) is 6.01. The molecule has 1 aliphatic heterocycles. The summed E-state index contributed by atoms with van der Waals surface area (Å²) in [6.45, 7) is 5.56. The second kappa shape index (κ2) is 8.97. The van der Waals surface area contributed by atoms with Crippen LogP contribution < -0.4 is 9.47 Å². The lowest BCUT2D eigenvalue weighted by atomic mass is 9.75. The summed E-state index contributed by atoms with van der Waals surface area (Å²) >= 11 is 0. The number of piperidine rings is 1. The third-order valence-electron chi connectivity index (χ3n) is 6.01. The SMILES string of the molecule is COCOc1cc(C)ccc1O[C@H]1[C@@H]2CCC[C@H]1CN(Cc1ccccc1)C2. The van der Waals surface area contributed by atoms with Gasteiger partial charge in [-0.15, -0.1) is 0 Å². The number of rotatable bonds is 7. The van der Waals surface area contributed by atoms with Crippen LogP contribution in [0.15, 0.2) is 48.5 Å². The van der Waals surface area contributed by atoms with Crippen LogP contribution in [0.2, 0.25) is 0 Å². The number of fused-ring (bicyclic) bond motifs is 2. The van der Waals surface area contributed by atoms with Crippen LogP contribution in [0.25, 0.3) is 0 Å². The average molecular weight is 382 g/mol. The van der Waals surface area contributed by atoms with Gasteiger partial charge in [-0.25, -0.2) is 0 Å². The van der Waals surface area contributed by atoms with Crippen molar-refractivity contribution in [2.24, 2.45) is 11.8 Å². The molecule has 4 rings (SSSR count). The Hall–Kier alpha value is -2.04. The summed E-state index contributed by atoms with van der Waals surface area (Å²) in [6, 6.07) is 17.0. The number of ether oxygens (including phenoxy) is 3. The normalized spacial score (nSPS) is 24.7. The number of hydrogen-bond acceptors (Lipinski definition) is 4. The summed E-state index contributed by atoms with van der Waals surface area (Å²) in [4.78, 5) is 2.61. The molecule has 0 aromatic heterocycles. The monoisotopic (exact) mass is 381 g/mol. The van der Waals surface area contributed by atoms with Crippen LogP contribution in [0.5, 0.6) is 11.5 Å². The summed E-state index contributed by atoms with van der Waals surface area (Å²) < 4.78 is 17.5. The highest BCUT2D eigenvalue weighted by Crippen LogP contribution is 2.40. The fourth-order valence-electron chi connectivity index (χ4n) is 4.74. The highest BCUT2D eigenvalue weighted by Gasteiger charge is 2.41. The van der Waals surface area contributed by atoms with E-state index in [0.29, 0.717) is 11.8 Å². The van der Waals surface area contributed by atoms with E-state index in [4.69, 9.17) is 14.2 Å². The third kappa shape index (κ3) is 4.50. The van der Waals surface area contributed by atoms with Crippen LogP contribution in [-0.2, 0) is 11.3 Å². The highest BCUT2D eigenvalue weighted by atomic mass is 16.7. The van der Waals surface area contributed by atoms with E-state index in [0.717, 1.165) is 36.7 Å². The molecule has 3 atom stereocenters. The van der Waals surface area contributed by atoms with Gasteiger partial charge in [-0.05, 0) is 43.0 Å². The van der Waals surface area contributed by atoms with Crippen LogP contribution in [0.1, 0.15) is 30.4 Å². The molecule has 1 aliphatic carbocycles. The van der Waals surface area contributed by atoms with Crippen molar-refractivity contribution >= 4 is 0 Å². The van der Waals surface area contributed by atoms with Crippen LogP contribution in [0.4, 0.5) is 0 Å². The van der Waals surface area contributed by atoms with Crippen LogP contribution in [0.3, 0.4) is 0 Å². The standard InChI is InChI=1S/C24H31NO3/c1-18-11-12-22(23(13-18)27-17-26-2)28-24-20-9-6-10-21(24)16-25(15-20)14-19-7-4-3-5-8-19/h3-5,7-8,11-13,20-21,24H,6,9-10,14-17H2,1-2H3/t20-,21+,24+. The summed E-state index contributed by atoms with van der Waals surface area (Å²) in [5.74, 6) is 2.79. The van der Waals surface area contributed by atoms with E-state index < -0.39 is 0 Å². The van der Waals surface area contributed by atoms with Gasteiger partial charge in [0.15, 0.2) is 18.3 Å². The van der Waals surface area contributed by atoms with Crippen molar-refractivity contribution in [3.63, 3.8) is 0 Å². The van der Waals surface area contributed by atoms with Crippen LogP contribution >= 0.6 is 0 Å². The van der Waals surface area contributed by atoms with E-state index in [1.807, 2.05) is 12.1 Å². The molecule has 150 valence electrons. The zero-order valence-corrected chi connectivity index (χ0v) is 17.0. The van der Waals surface area contributed by atoms with Crippen molar-refractivity contribution in [1.29, 1.82) is 0 Å². The summed E-state index contributed by atoms with van der Waals surface area (Å²) in [7, 11) is 1.64. The molecule has 1 saturated carbocycles. The van der Waals surface area contributed by atoms with Gasteiger partial charge in [0.1, 0.15) is 6.10 Å². The number of aryl methyl sites for hydroxylation is 1. The Morgan fingerprint density at radius 1 is 0.964 bits per heavy atom. The predicted octanol–water partition coefficient (Wildman–Crippen LogP) is 4.66. The van der Waals surface area contributed by atoms with Gasteiger partial charge in [-0.3, -0.25) is 4.90 Å². The van der Waals surface area contributed by atoms with E-state index in [2.05, 4.69) is 48.2 Å². The Morgan fingerprint density at radius 3 is 2.43 bits per heavy atom. The van der Waals surface area contributed by atoms with Gasteiger partial charge in [0.2, 0.25) is 0 Å². The fraction of sp³-hybridized carbons (Fsp3) is 0.500. The van der Waals surface area contributed by atoms with Crippen molar-refractivity contribution in [3.8, 4) is 11.5 Å². The molecule has 0 N–H and O–H groups in total. The molecular formula is C24H31NO3. The van der Waals surface area contributed by atoms with E-state index in [1.165, 1.54) is 24.8 Å². The molecule has 0 amide bonds. The number of benzene rings is 2. The summed E-state index contributed by atoms with van der Waals surface area (Å²) in [5.41, 5.74) is 2.56. The largest absolute Gasteiger partial charge is 0.486 e. The van der Waals surface area contributed by atoms with Gasteiger partial charge in [0.05, 0.1) is 0 Å². The Balaban J connectivity index is 1.46. The molecule has 0 unspecified atom stereocenters. The van der Waals surface area contributed by atoms with E-state index in [1.54, 1.807) is 7.11 Å². The zero-order valence-electron chi connectivity index (χ0n) is 17.0. The molecule has 2 fully saturated rings. The minimum absolute atomic E-state index is 0.238. The Labute approximate surface area is 168 Å². The number of nitrogens with zero attached hydrogens (tertiary/aromatic N) is 1. The Kier molecular flexibility index (Phi) is 6.18. The van der Waals surface area contributed by atoms with Gasteiger partial charge < -0.3 is 14.2 Å². The lowest BCUT2D eigenvalue weighted by Gasteiger charge is -2.47. The van der Waals surface area contributed by atoms with Crippen molar-refractivity contribution in [3.05, 3.63) is 59.7 Å². The molecule has 2 aromatic rings. The molecule has 1 heterocycles. The maximum absolute atomic E-state index is 6.60. The number of methoxy groups -OCH3 is 1. The van der Waals surface area contributed by atoms with Crippen molar-refractivity contribution in [2.45, 2.75) is 38.8 Å². The second-order valence-electron chi connectivity index (χ2n) is 8.21. The van der Waals surface area contributed by atoms with Crippen LogP contribution in [-0.4, -0.2) is 38.0 Å². The molecule has 28 heavy (non-hydrogen) atoms. The molecule has 2 bridgehead atoms. The maximum Gasteiger partial charge on any atom is 0.188 e. The first-order valence-electron chi connectivity index (χ1n) is 10.4. The van der Waals surface area contributed by atoms with Gasteiger partial charge >= 0.3 is 0 Å². The molecule has 1 saturated heterocycles. The van der Waals surface area contributed by atoms with E-state index in [-0.39, 0.29) is 12.9 Å².